The zero-order chi connectivity index (χ0) is 12.8. The maximum absolute atomic E-state index is 11.9. The third-order valence-electron chi connectivity index (χ3n) is 3.74. The van der Waals surface area contributed by atoms with Crippen LogP contribution >= 0.6 is 0 Å². The van der Waals surface area contributed by atoms with Gasteiger partial charge in [0.25, 0.3) is 5.91 Å². The van der Waals surface area contributed by atoms with Crippen molar-refractivity contribution in [3.05, 3.63) is 35.4 Å². The lowest BCUT2D eigenvalue weighted by molar-refractivity contribution is 0.0951. The third-order valence-corrected chi connectivity index (χ3v) is 3.74. The highest BCUT2D eigenvalue weighted by atomic mass is 16.1. The van der Waals surface area contributed by atoms with E-state index in [0.29, 0.717) is 12.1 Å². The molecule has 0 spiro atoms. The topological polar surface area (TPSA) is 55.1 Å². The molecule has 0 heterocycles. The van der Waals surface area contributed by atoms with Crippen molar-refractivity contribution in [2.75, 3.05) is 6.54 Å². The van der Waals surface area contributed by atoms with Gasteiger partial charge in [0.05, 0.1) is 0 Å². The van der Waals surface area contributed by atoms with Crippen LogP contribution in [0.2, 0.25) is 0 Å². The second-order valence-corrected chi connectivity index (χ2v) is 5.10. The van der Waals surface area contributed by atoms with Gasteiger partial charge in [-0.05, 0) is 30.0 Å². The summed E-state index contributed by atoms with van der Waals surface area (Å²) >= 11 is 0. The minimum absolute atomic E-state index is 0.0169. The van der Waals surface area contributed by atoms with Gasteiger partial charge in [-0.15, -0.1) is 0 Å². The molecule has 1 amide bonds. The largest absolute Gasteiger partial charge is 0.352 e. The summed E-state index contributed by atoms with van der Waals surface area (Å²) in [6.45, 7) is 1.26. The number of hydrogen-bond acceptors (Lipinski definition) is 2. The molecule has 18 heavy (non-hydrogen) atoms. The Morgan fingerprint density at radius 3 is 2.83 bits per heavy atom. The number of benzene rings is 1. The number of carbonyl (C=O) groups excluding carboxylic acids is 1. The Kier molecular flexibility index (Phi) is 4.76. The predicted molar refractivity (Wildman–Crippen MR) is 73.2 cm³/mol. The molecule has 0 radical (unpaired) electrons. The second kappa shape index (κ2) is 6.55. The standard InChI is InChI=1S/C15H22N2O/c16-11-13-6-3-7-14(10-13)15(18)17-9-8-12-4-1-2-5-12/h3,6-7,10,12H,1-2,4-5,8-9,11,16H2,(H,17,18). The summed E-state index contributed by atoms with van der Waals surface area (Å²) in [7, 11) is 0. The van der Waals surface area contributed by atoms with Crippen molar-refractivity contribution in [1.29, 1.82) is 0 Å². The number of amides is 1. The van der Waals surface area contributed by atoms with Crippen molar-refractivity contribution >= 4 is 5.91 Å². The highest BCUT2D eigenvalue weighted by molar-refractivity contribution is 5.94. The Balaban J connectivity index is 1.79. The van der Waals surface area contributed by atoms with Gasteiger partial charge in [0.1, 0.15) is 0 Å². The highest BCUT2D eigenvalue weighted by Gasteiger charge is 2.14. The first-order chi connectivity index (χ1) is 8.79. The van der Waals surface area contributed by atoms with Gasteiger partial charge in [0.15, 0.2) is 0 Å². The van der Waals surface area contributed by atoms with Gasteiger partial charge in [-0.25, -0.2) is 0 Å². The molecule has 1 aromatic carbocycles. The first-order valence-corrected chi connectivity index (χ1v) is 6.87. The summed E-state index contributed by atoms with van der Waals surface area (Å²) in [4.78, 5) is 11.9. The summed E-state index contributed by atoms with van der Waals surface area (Å²) < 4.78 is 0. The molecule has 3 heteroatoms. The molecule has 0 saturated heterocycles. The average molecular weight is 246 g/mol. The Bertz CT molecular complexity index is 397. The van der Waals surface area contributed by atoms with E-state index in [-0.39, 0.29) is 5.91 Å². The molecule has 1 saturated carbocycles. The lowest BCUT2D eigenvalue weighted by Crippen LogP contribution is -2.25. The molecule has 3 N–H and O–H groups in total. The zero-order valence-corrected chi connectivity index (χ0v) is 10.8. The Labute approximate surface area is 109 Å². The number of carbonyl (C=O) groups is 1. The van der Waals surface area contributed by atoms with Crippen molar-refractivity contribution in [3.63, 3.8) is 0 Å². The van der Waals surface area contributed by atoms with Crippen molar-refractivity contribution in [2.45, 2.75) is 38.6 Å². The summed E-state index contributed by atoms with van der Waals surface area (Å²) in [5.74, 6) is 0.837. The molecule has 1 fully saturated rings. The minimum Gasteiger partial charge on any atom is -0.352 e. The van der Waals surface area contributed by atoms with Gasteiger partial charge >= 0.3 is 0 Å². The molecule has 3 nitrogen and oxygen atoms in total. The molecule has 98 valence electrons. The van der Waals surface area contributed by atoms with E-state index in [1.54, 1.807) is 0 Å². The van der Waals surface area contributed by atoms with Crippen LogP contribution in [0.25, 0.3) is 0 Å². The van der Waals surface area contributed by atoms with Gasteiger partial charge in [-0.1, -0.05) is 37.8 Å². The van der Waals surface area contributed by atoms with Crippen LogP contribution in [0, 0.1) is 5.92 Å². The molecule has 1 aromatic rings. The Morgan fingerprint density at radius 1 is 1.33 bits per heavy atom. The fraction of sp³-hybridized carbons (Fsp3) is 0.533. The van der Waals surface area contributed by atoms with E-state index >= 15 is 0 Å². The third kappa shape index (κ3) is 3.57. The molecule has 0 aliphatic heterocycles. The van der Waals surface area contributed by atoms with Crippen molar-refractivity contribution in [3.8, 4) is 0 Å². The number of nitrogens with one attached hydrogen (secondary N) is 1. The summed E-state index contributed by atoms with van der Waals surface area (Å²) in [5, 5.41) is 3.00. The van der Waals surface area contributed by atoms with Crippen LogP contribution in [0.5, 0.6) is 0 Å². The van der Waals surface area contributed by atoms with Crippen LogP contribution < -0.4 is 11.1 Å². The number of hydrogen-bond donors (Lipinski definition) is 2. The summed E-state index contributed by atoms with van der Waals surface area (Å²) in [6.07, 6.45) is 6.49. The van der Waals surface area contributed by atoms with Crippen molar-refractivity contribution in [2.24, 2.45) is 11.7 Å². The van der Waals surface area contributed by atoms with Gasteiger partial charge in [-0.2, -0.15) is 0 Å². The summed E-state index contributed by atoms with van der Waals surface area (Å²) in [6, 6.07) is 7.53. The Hall–Kier alpha value is -1.35. The van der Waals surface area contributed by atoms with E-state index in [1.807, 2.05) is 24.3 Å². The maximum Gasteiger partial charge on any atom is 0.251 e. The first kappa shape index (κ1) is 13.1. The van der Waals surface area contributed by atoms with Crippen molar-refractivity contribution in [1.82, 2.24) is 5.32 Å². The zero-order valence-electron chi connectivity index (χ0n) is 10.8. The van der Waals surface area contributed by atoms with Gasteiger partial charge < -0.3 is 11.1 Å². The molecule has 0 bridgehead atoms. The quantitative estimate of drug-likeness (QED) is 0.838. The van der Waals surface area contributed by atoms with Gasteiger partial charge in [-0.3, -0.25) is 4.79 Å². The molecule has 1 aliphatic rings. The predicted octanol–water partition coefficient (Wildman–Crippen LogP) is 2.46. The fourth-order valence-electron chi connectivity index (χ4n) is 2.63. The second-order valence-electron chi connectivity index (χ2n) is 5.10. The lowest BCUT2D eigenvalue weighted by Gasteiger charge is -2.10. The molecule has 0 atom stereocenters. The number of rotatable bonds is 5. The van der Waals surface area contributed by atoms with Crippen LogP contribution in [0.4, 0.5) is 0 Å². The Morgan fingerprint density at radius 2 is 2.11 bits per heavy atom. The first-order valence-electron chi connectivity index (χ1n) is 6.87. The fourth-order valence-corrected chi connectivity index (χ4v) is 2.63. The minimum atomic E-state index is 0.0169. The molecule has 0 aromatic heterocycles. The lowest BCUT2D eigenvalue weighted by atomic mass is 10.0. The van der Waals surface area contributed by atoms with E-state index < -0.39 is 0 Å². The number of nitrogens with two attached hydrogens (primary N) is 1. The molecule has 2 rings (SSSR count). The van der Waals surface area contributed by atoms with E-state index in [2.05, 4.69) is 5.32 Å². The summed E-state index contributed by atoms with van der Waals surface area (Å²) in [5.41, 5.74) is 7.28. The normalized spacial score (nSPS) is 15.8. The van der Waals surface area contributed by atoms with Crippen LogP contribution in [0.1, 0.15) is 48.0 Å². The SMILES string of the molecule is NCc1cccc(C(=O)NCCC2CCCC2)c1. The van der Waals surface area contributed by atoms with Gasteiger partial charge in [0, 0.05) is 18.7 Å². The van der Waals surface area contributed by atoms with Crippen LogP contribution in [0.3, 0.4) is 0 Å². The van der Waals surface area contributed by atoms with Crippen LogP contribution in [0.15, 0.2) is 24.3 Å². The van der Waals surface area contributed by atoms with E-state index in [0.717, 1.165) is 24.4 Å². The molecule has 0 unspecified atom stereocenters. The van der Waals surface area contributed by atoms with E-state index in [9.17, 15) is 4.79 Å². The van der Waals surface area contributed by atoms with Crippen LogP contribution in [-0.2, 0) is 6.54 Å². The average Bonchev–Trinajstić information content (AvgIpc) is 2.92. The van der Waals surface area contributed by atoms with Crippen molar-refractivity contribution < 1.29 is 4.79 Å². The molecular weight excluding hydrogens is 224 g/mol. The smallest absolute Gasteiger partial charge is 0.251 e. The van der Waals surface area contributed by atoms with Crippen LogP contribution in [-0.4, -0.2) is 12.5 Å². The van der Waals surface area contributed by atoms with Gasteiger partial charge in [0.2, 0.25) is 0 Å². The van der Waals surface area contributed by atoms with E-state index in [4.69, 9.17) is 5.73 Å². The monoisotopic (exact) mass is 246 g/mol. The molecular formula is C15H22N2O. The molecule has 1 aliphatic carbocycles. The highest BCUT2D eigenvalue weighted by Crippen LogP contribution is 2.26. The van der Waals surface area contributed by atoms with E-state index in [1.165, 1.54) is 25.7 Å². The maximum atomic E-state index is 11.9.